The molecule has 1 saturated carbocycles. The van der Waals surface area contributed by atoms with E-state index in [0.717, 1.165) is 24.1 Å². The van der Waals surface area contributed by atoms with Crippen molar-refractivity contribution in [3.63, 3.8) is 0 Å². The van der Waals surface area contributed by atoms with E-state index in [1.165, 1.54) is 17.4 Å². The van der Waals surface area contributed by atoms with Crippen molar-refractivity contribution in [1.29, 1.82) is 0 Å². The van der Waals surface area contributed by atoms with Gasteiger partial charge in [0.15, 0.2) is 0 Å². The van der Waals surface area contributed by atoms with E-state index >= 15 is 0 Å². The molecule has 1 aliphatic carbocycles. The fraction of sp³-hybridized carbons (Fsp3) is 0.385. The van der Waals surface area contributed by atoms with Gasteiger partial charge in [0.1, 0.15) is 5.58 Å². The van der Waals surface area contributed by atoms with Crippen molar-refractivity contribution in [2.75, 3.05) is 0 Å². The maximum Gasteiger partial charge on any atom is 0.134 e. The molecule has 2 aromatic rings. The molecule has 0 saturated heterocycles. The van der Waals surface area contributed by atoms with Crippen LogP contribution in [0.25, 0.3) is 11.0 Å². The predicted octanol–water partition coefficient (Wildman–Crippen LogP) is 2.93. The normalized spacial score (nSPS) is 24.6. The molecule has 3 rings (SSSR count). The fourth-order valence-corrected chi connectivity index (χ4v) is 2.02. The van der Waals surface area contributed by atoms with E-state index in [9.17, 15) is 0 Å². The van der Waals surface area contributed by atoms with Gasteiger partial charge < -0.3 is 9.73 Å². The number of fused-ring (bicyclic) bond motifs is 1. The molecule has 78 valence electrons. The predicted molar refractivity (Wildman–Crippen MR) is 60.6 cm³/mol. The van der Waals surface area contributed by atoms with E-state index in [-0.39, 0.29) is 0 Å². The van der Waals surface area contributed by atoms with Gasteiger partial charge in [0.2, 0.25) is 0 Å². The van der Waals surface area contributed by atoms with Gasteiger partial charge in [-0.3, -0.25) is 0 Å². The maximum atomic E-state index is 5.49. The first-order chi connectivity index (χ1) is 7.34. The molecule has 2 unspecified atom stereocenters. The summed E-state index contributed by atoms with van der Waals surface area (Å²) >= 11 is 0. The van der Waals surface area contributed by atoms with Crippen LogP contribution in [0.1, 0.15) is 18.9 Å². The first-order valence-electron chi connectivity index (χ1n) is 5.53. The Kier molecular flexibility index (Phi) is 2.03. The first-order valence-corrected chi connectivity index (χ1v) is 5.53. The van der Waals surface area contributed by atoms with Gasteiger partial charge in [0.25, 0.3) is 0 Å². The number of benzene rings is 1. The van der Waals surface area contributed by atoms with Crippen molar-refractivity contribution in [2.24, 2.45) is 5.92 Å². The maximum absolute atomic E-state index is 5.49. The number of hydrogen-bond donors (Lipinski definition) is 1. The number of nitrogens with one attached hydrogen (secondary N) is 1. The number of hydrogen-bond acceptors (Lipinski definition) is 2. The minimum absolute atomic E-state index is 0.721. The Balaban J connectivity index is 1.79. The average Bonchev–Trinajstić information content (AvgIpc) is 2.81. The second-order valence-electron chi connectivity index (χ2n) is 4.46. The van der Waals surface area contributed by atoms with Gasteiger partial charge in [-0.2, -0.15) is 0 Å². The van der Waals surface area contributed by atoms with Crippen molar-refractivity contribution in [2.45, 2.75) is 25.9 Å². The standard InChI is InChI=1S/C13H15NO/c1-9-6-12(9)14-7-10-8-15-13-5-3-2-4-11(10)13/h2-5,8-9,12,14H,6-7H2,1H3. The highest BCUT2D eigenvalue weighted by molar-refractivity contribution is 5.80. The molecule has 1 heterocycles. The summed E-state index contributed by atoms with van der Waals surface area (Å²) in [5.74, 6) is 0.850. The summed E-state index contributed by atoms with van der Waals surface area (Å²) in [6.07, 6.45) is 3.18. The molecule has 1 aromatic carbocycles. The summed E-state index contributed by atoms with van der Waals surface area (Å²) in [7, 11) is 0. The summed E-state index contributed by atoms with van der Waals surface area (Å²) < 4.78 is 5.49. The molecule has 2 heteroatoms. The van der Waals surface area contributed by atoms with Crippen molar-refractivity contribution in [1.82, 2.24) is 5.32 Å². The molecule has 1 N–H and O–H groups in total. The lowest BCUT2D eigenvalue weighted by molar-refractivity contribution is 0.597. The van der Waals surface area contributed by atoms with E-state index in [1.54, 1.807) is 0 Å². The molecule has 0 spiro atoms. The molecule has 0 aliphatic heterocycles. The van der Waals surface area contributed by atoms with Crippen molar-refractivity contribution in [3.05, 3.63) is 36.1 Å². The van der Waals surface area contributed by atoms with Crippen LogP contribution in [0.2, 0.25) is 0 Å². The zero-order valence-electron chi connectivity index (χ0n) is 8.86. The molecule has 1 aliphatic rings. The first kappa shape index (κ1) is 8.98. The van der Waals surface area contributed by atoms with E-state index in [2.05, 4.69) is 24.4 Å². The van der Waals surface area contributed by atoms with Gasteiger partial charge in [0, 0.05) is 23.5 Å². The lowest BCUT2D eigenvalue weighted by atomic mass is 10.2. The average molecular weight is 201 g/mol. The molecule has 2 nitrogen and oxygen atoms in total. The minimum Gasteiger partial charge on any atom is -0.464 e. The molecule has 1 aromatic heterocycles. The highest BCUT2D eigenvalue weighted by atomic mass is 16.3. The Bertz CT molecular complexity index is 474. The molecular weight excluding hydrogens is 186 g/mol. The lowest BCUT2D eigenvalue weighted by Crippen LogP contribution is -2.16. The number of furan rings is 1. The van der Waals surface area contributed by atoms with E-state index in [0.29, 0.717) is 0 Å². The van der Waals surface area contributed by atoms with Crippen LogP contribution in [0.4, 0.5) is 0 Å². The Morgan fingerprint density at radius 3 is 3.00 bits per heavy atom. The Labute approximate surface area is 89.3 Å². The van der Waals surface area contributed by atoms with Crippen LogP contribution in [0.5, 0.6) is 0 Å². The van der Waals surface area contributed by atoms with Gasteiger partial charge in [-0.1, -0.05) is 25.1 Å². The van der Waals surface area contributed by atoms with Gasteiger partial charge in [0.05, 0.1) is 6.26 Å². The molecule has 15 heavy (non-hydrogen) atoms. The highest BCUT2D eigenvalue weighted by Gasteiger charge is 2.31. The summed E-state index contributed by atoms with van der Waals surface area (Å²) in [6, 6.07) is 8.91. The molecule has 0 radical (unpaired) electrons. The molecule has 0 amide bonds. The van der Waals surface area contributed by atoms with Crippen LogP contribution in [0.3, 0.4) is 0 Å². The van der Waals surface area contributed by atoms with E-state index < -0.39 is 0 Å². The third-order valence-corrected chi connectivity index (χ3v) is 3.23. The summed E-state index contributed by atoms with van der Waals surface area (Å²) in [4.78, 5) is 0. The summed E-state index contributed by atoms with van der Waals surface area (Å²) in [6.45, 7) is 3.21. The third-order valence-electron chi connectivity index (χ3n) is 3.23. The minimum atomic E-state index is 0.721. The molecular formula is C13H15NO. The van der Waals surface area contributed by atoms with Gasteiger partial charge in [-0.05, 0) is 18.4 Å². The highest BCUT2D eigenvalue weighted by Crippen LogP contribution is 2.30. The number of rotatable bonds is 3. The summed E-state index contributed by atoms with van der Waals surface area (Å²) in [5, 5.41) is 4.78. The zero-order valence-corrected chi connectivity index (χ0v) is 8.86. The van der Waals surface area contributed by atoms with Crippen LogP contribution in [0.15, 0.2) is 34.9 Å². The third kappa shape index (κ3) is 1.65. The Morgan fingerprint density at radius 1 is 1.40 bits per heavy atom. The van der Waals surface area contributed by atoms with E-state index in [1.807, 2.05) is 18.4 Å². The topological polar surface area (TPSA) is 25.2 Å². The van der Waals surface area contributed by atoms with E-state index in [4.69, 9.17) is 4.42 Å². The van der Waals surface area contributed by atoms with Gasteiger partial charge in [-0.25, -0.2) is 0 Å². The van der Waals surface area contributed by atoms with Gasteiger partial charge >= 0.3 is 0 Å². The van der Waals surface area contributed by atoms with Crippen LogP contribution in [-0.4, -0.2) is 6.04 Å². The largest absolute Gasteiger partial charge is 0.464 e. The zero-order chi connectivity index (χ0) is 10.3. The molecule has 0 bridgehead atoms. The quantitative estimate of drug-likeness (QED) is 0.826. The second kappa shape index (κ2) is 3.38. The van der Waals surface area contributed by atoms with Crippen LogP contribution >= 0.6 is 0 Å². The second-order valence-corrected chi connectivity index (χ2v) is 4.46. The Hall–Kier alpha value is -1.28. The molecule has 2 atom stereocenters. The number of para-hydroxylation sites is 1. The van der Waals surface area contributed by atoms with Crippen molar-refractivity contribution >= 4 is 11.0 Å². The fourth-order valence-electron chi connectivity index (χ4n) is 2.02. The van der Waals surface area contributed by atoms with Gasteiger partial charge in [-0.15, -0.1) is 0 Å². The van der Waals surface area contributed by atoms with Crippen molar-refractivity contribution < 1.29 is 4.42 Å². The van der Waals surface area contributed by atoms with Crippen LogP contribution < -0.4 is 5.32 Å². The lowest BCUT2D eigenvalue weighted by Gasteiger charge is -2.00. The summed E-state index contributed by atoms with van der Waals surface area (Å²) in [5.41, 5.74) is 2.25. The van der Waals surface area contributed by atoms with Crippen LogP contribution in [0, 0.1) is 5.92 Å². The monoisotopic (exact) mass is 201 g/mol. The van der Waals surface area contributed by atoms with Crippen molar-refractivity contribution in [3.8, 4) is 0 Å². The Morgan fingerprint density at radius 2 is 2.20 bits per heavy atom. The molecule has 1 fully saturated rings. The SMILES string of the molecule is CC1CC1NCc1coc2ccccc12. The smallest absolute Gasteiger partial charge is 0.134 e. The van der Waals surface area contributed by atoms with Crippen LogP contribution in [-0.2, 0) is 6.54 Å².